The molecular weight excluding hydrogens is 575 g/mol. The first kappa shape index (κ1) is 26.7. The first-order valence-electron chi connectivity index (χ1n) is 15.7. The summed E-state index contributed by atoms with van der Waals surface area (Å²) in [5.74, 6) is 0. The van der Waals surface area contributed by atoms with E-state index in [2.05, 4.69) is 181 Å². The van der Waals surface area contributed by atoms with Crippen LogP contribution in [0.25, 0.3) is 64.0 Å². The fourth-order valence-electron chi connectivity index (χ4n) is 6.67. The van der Waals surface area contributed by atoms with Gasteiger partial charge in [0.05, 0.1) is 0 Å². The van der Waals surface area contributed by atoms with Crippen LogP contribution in [0.1, 0.15) is 0 Å². The highest BCUT2D eigenvalue weighted by Crippen LogP contribution is 2.41. The van der Waals surface area contributed by atoms with Gasteiger partial charge in [-0.15, -0.1) is 11.3 Å². The van der Waals surface area contributed by atoms with Crippen LogP contribution in [0.15, 0.2) is 176 Å². The summed E-state index contributed by atoms with van der Waals surface area (Å²) in [4.78, 5) is 2.38. The molecule has 0 radical (unpaired) electrons. The molecule has 0 fully saturated rings. The zero-order valence-corrected chi connectivity index (χ0v) is 25.9. The largest absolute Gasteiger partial charge is 0.310 e. The van der Waals surface area contributed by atoms with E-state index in [1.54, 1.807) is 0 Å². The van der Waals surface area contributed by atoms with Gasteiger partial charge in [-0.2, -0.15) is 0 Å². The molecule has 0 saturated carbocycles. The molecule has 0 unspecified atom stereocenters. The number of nitrogens with zero attached hydrogens (tertiary/aromatic N) is 1. The van der Waals surface area contributed by atoms with Crippen molar-refractivity contribution < 1.29 is 0 Å². The standard InChI is InChI=1S/C44H29NS/c1-2-9-30(10-3-1)32-19-22-38(23-20-32)45(39-14-8-13-34(26-39)35-18-17-31-11-4-5-12-33(31)25-35)40-24-21-36-28-42-41-15-6-7-16-43(41)46-44(42)29-37(36)27-40/h1-29H. The van der Waals surface area contributed by atoms with Gasteiger partial charge < -0.3 is 4.90 Å². The predicted molar refractivity (Wildman–Crippen MR) is 200 cm³/mol. The molecule has 0 aliphatic carbocycles. The molecule has 0 saturated heterocycles. The van der Waals surface area contributed by atoms with Crippen molar-refractivity contribution >= 4 is 70.1 Å². The summed E-state index contributed by atoms with van der Waals surface area (Å²) in [5, 5.41) is 7.67. The SMILES string of the molecule is c1ccc(-c2ccc(N(c3cccc(-c4ccc5ccccc5c4)c3)c3ccc4cc5c(cc4c3)sc3ccccc35)cc2)cc1. The van der Waals surface area contributed by atoms with Crippen LogP contribution in [-0.4, -0.2) is 0 Å². The molecule has 0 atom stereocenters. The Hall–Kier alpha value is -5.70. The van der Waals surface area contributed by atoms with Gasteiger partial charge in [0, 0.05) is 37.2 Å². The van der Waals surface area contributed by atoms with Gasteiger partial charge in [0.2, 0.25) is 0 Å². The number of hydrogen-bond donors (Lipinski definition) is 0. The van der Waals surface area contributed by atoms with Crippen LogP contribution in [-0.2, 0) is 0 Å². The highest BCUT2D eigenvalue weighted by atomic mass is 32.1. The van der Waals surface area contributed by atoms with E-state index in [0.717, 1.165) is 17.1 Å². The average molecular weight is 604 g/mol. The van der Waals surface area contributed by atoms with E-state index in [1.807, 2.05) is 11.3 Å². The minimum atomic E-state index is 1.12. The topological polar surface area (TPSA) is 3.24 Å². The van der Waals surface area contributed by atoms with Crippen LogP contribution in [0.3, 0.4) is 0 Å². The van der Waals surface area contributed by atoms with E-state index in [4.69, 9.17) is 0 Å². The van der Waals surface area contributed by atoms with Crippen molar-refractivity contribution in [3.05, 3.63) is 176 Å². The second-order valence-electron chi connectivity index (χ2n) is 11.8. The van der Waals surface area contributed by atoms with E-state index in [0.29, 0.717) is 0 Å². The van der Waals surface area contributed by atoms with Crippen LogP contribution in [0.2, 0.25) is 0 Å². The van der Waals surface area contributed by atoms with Crippen LogP contribution < -0.4 is 4.90 Å². The Kier molecular flexibility index (Phi) is 6.40. The Morgan fingerprint density at radius 1 is 0.304 bits per heavy atom. The van der Waals surface area contributed by atoms with Gasteiger partial charge in [-0.1, -0.05) is 115 Å². The summed E-state index contributed by atoms with van der Waals surface area (Å²) >= 11 is 1.87. The molecular formula is C44H29NS. The Bertz CT molecular complexity index is 2530. The van der Waals surface area contributed by atoms with Gasteiger partial charge in [0.25, 0.3) is 0 Å². The third kappa shape index (κ3) is 4.72. The molecule has 216 valence electrons. The van der Waals surface area contributed by atoms with Gasteiger partial charge in [-0.05, 0) is 104 Å². The zero-order valence-electron chi connectivity index (χ0n) is 25.1. The molecule has 0 aliphatic heterocycles. The van der Waals surface area contributed by atoms with Crippen molar-refractivity contribution in [2.75, 3.05) is 4.90 Å². The lowest BCUT2D eigenvalue weighted by Gasteiger charge is -2.26. The van der Waals surface area contributed by atoms with Crippen LogP contribution in [0.5, 0.6) is 0 Å². The highest BCUT2D eigenvalue weighted by molar-refractivity contribution is 7.25. The van der Waals surface area contributed by atoms with Gasteiger partial charge in [-0.25, -0.2) is 0 Å². The average Bonchev–Trinajstić information content (AvgIpc) is 3.48. The van der Waals surface area contributed by atoms with Gasteiger partial charge in [-0.3, -0.25) is 0 Å². The Morgan fingerprint density at radius 2 is 0.935 bits per heavy atom. The molecule has 0 N–H and O–H groups in total. The van der Waals surface area contributed by atoms with Crippen LogP contribution in [0.4, 0.5) is 17.1 Å². The molecule has 8 aromatic carbocycles. The van der Waals surface area contributed by atoms with Gasteiger partial charge >= 0.3 is 0 Å². The molecule has 0 aliphatic rings. The van der Waals surface area contributed by atoms with Crippen molar-refractivity contribution in [1.82, 2.24) is 0 Å². The maximum Gasteiger partial charge on any atom is 0.0468 e. The maximum atomic E-state index is 2.38. The molecule has 1 heterocycles. The number of hydrogen-bond acceptors (Lipinski definition) is 2. The van der Waals surface area contributed by atoms with Gasteiger partial charge in [0.15, 0.2) is 0 Å². The summed E-state index contributed by atoms with van der Waals surface area (Å²) in [6.45, 7) is 0. The normalized spacial score (nSPS) is 11.5. The lowest BCUT2D eigenvalue weighted by molar-refractivity contribution is 1.29. The summed E-state index contributed by atoms with van der Waals surface area (Å²) in [6, 6.07) is 64.0. The Balaban J connectivity index is 1.19. The predicted octanol–water partition coefficient (Wildman–Crippen LogP) is 13.2. The van der Waals surface area contributed by atoms with E-state index in [1.165, 1.54) is 64.0 Å². The molecule has 2 heteroatoms. The second-order valence-corrected chi connectivity index (χ2v) is 12.9. The van der Waals surface area contributed by atoms with Crippen molar-refractivity contribution in [3.8, 4) is 22.3 Å². The number of benzene rings is 8. The minimum Gasteiger partial charge on any atom is -0.310 e. The maximum absolute atomic E-state index is 2.38. The third-order valence-electron chi connectivity index (χ3n) is 9.00. The Morgan fingerprint density at radius 3 is 1.83 bits per heavy atom. The molecule has 9 rings (SSSR count). The van der Waals surface area contributed by atoms with Crippen LogP contribution in [0, 0.1) is 0 Å². The third-order valence-corrected chi connectivity index (χ3v) is 10.1. The molecule has 1 nitrogen and oxygen atoms in total. The molecule has 46 heavy (non-hydrogen) atoms. The Labute approximate surface area is 272 Å². The highest BCUT2D eigenvalue weighted by Gasteiger charge is 2.16. The van der Waals surface area contributed by atoms with E-state index in [-0.39, 0.29) is 0 Å². The van der Waals surface area contributed by atoms with E-state index >= 15 is 0 Å². The number of anilines is 3. The fourth-order valence-corrected chi connectivity index (χ4v) is 7.81. The molecule has 1 aromatic heterocycles. The quantitative estimate of drug-likeness (QED) is 0.189. The first-order chi connectivity index (χ1) is 22.8. The van der Waals surface area contributed by atoms with E-state index in [9.17, 15) is 0 Å². The summed E-state index contributed by atoms with van der Waals surface area (Å²) in [7, 11) is 0. The summed E-state index contributed by atoms with van der Waals surface area (Å²) < 4.78 is 2.65. The number of rotatable bonds is 5. The monoisotopic (exact) mass is 603 g/mol. The lowest BCUT2D eigenvalue weighted by Crippen LogP contribution is -2.10. The molecule has 0 amide bonds. The van der Waals surface area contributed by atoms with Crippen LogP contribution >= 0.6 is 11.3 Å². The van der Waals surface area contributed by atoms with Crippen molar-refractivity contribution in [2.45, 2.75) is 0 Å². The zero-order chi connectivity index (χ0) is 30.5. The van der Waals surface area contributed by atoms with E-state index < -0.39 is 0 Å². The van der Waals surface area contributed by atoms with Crippen molar-refractivity contribution in [1.29, 1.82) is 0 Å². The molecule has 0 spiro atoms. The molecule has 0 bridgehead atoms. The second kappa shape index (κ2) is 11.0. The van der Waals surface area contributed by atoms with Gasteiger partial charge in [0.1, 0.15) is 0 Å². The summed E-state index contributed by atoms with van der Waals surface area (Å²) in [6.07, 6.45) is 0. The number of fused-ring (bicyclic) bond motifs is 5. The fraction of sp³-hybridized carbons (Fsp3) is 0. The lowest BCUT2D eigenvalue weighted by atomic mass is 10.00. The smallest absolute Gasteiger partial charge is 0.0468 e. The minimum absolute atomic E-state index is 1.12. The van der Waals surface area contributed by atoms with Crippen molar-refractivity contribution in [2.24, 2.45) is 0 Å². The number of thiophene rings is 1. The first-order valence-corrected chi connectivity index (χ1v) is 16.5. The summed E-state index contributed by atoms with van der Waals surface area (Å²) in [5.41, 5.74) is 8.22. The molecule has 9 aromatic rings. The van der Waals surface area contributed by atoms with Crippen molar-refractivity contribution in [3.63, 3.8) is 0 Å².